The fourth-order valence-electron chi connectivity index (χ4n) is 4.07. The maximum atomic E-state index is 13.3. The topological polar surface area (TPSA) is 91.0 Å². The number of amides is 1. The van der Waals surface area contributed by atoms with Gasteiger partial charge in [-0.25, -0.2) is 9.37 Å². The maximum Gasteiger partial charge on any atom is 0.234 e. The first-order valence-corrected chi connectivity index (χ1v) is 13.3. The monoisotopic (exact) mass is 528 g/mol. The summed E-state index contributed by atoms with van der Waals surface area (Å²) in [4.78, 5) is 23.5. The van der Waals surface area contributed by atoms with Crippen LogP contribution in [0.5, 0.6) is 0 Å². The van der Waals surface area contributed by atoms with E-state index in [4.69, 9.17) is 4.98 Å². The number of hydrogen-bond acceptors (Lipinski definition) is 7. The Morgan fingerprint density at radius 2 is 1.82 bits per heavy atom. The number of nitrogens with one attached hydrogen (secondary N) is 4. The predicted molar refractivity (Wildman–Crippen MR) is 152 cm³/mol. The maximum absolute atomic E-state index is 13.3. The van der Waals surface area contributed by atoms with E-state index in [2.05, 4.69) is 37.8 Å². The van der Waals surface area contributed by atoms with Crippen LogP contribution in [0.4, 0.5) is 27.5 Å². The van der Waals surface area contributed by atoms with Crippen molar-refractivity contribution in [3.05, 3.63) is 90.4 Å². The van der Waals surface area contributed by atoms with Gasteiger partial charge in [0, 0.05) is 41.1 Å². The van der Waals surface area contributed by atoms with Crippen molar-refractivity contribution in [2.75, 3.05) is 29.0 Å². The molecule has 9 heteroatoms. The SMILES string of the molecule is CC(C)(C(=O)Nc1ccc(-c2cnc3nc2NCCCNSc2cccc(c2)N3)cc1)c1ccc(F)cc1. The molecule has 5 rings (SSSR count). The molecular weight excluding hydrogens is 499 g/mol. The zero-order valence-corrected chi connectivity index (χ0v) is 22.0. The molecule has 38 heavy (non-hydrogen) atoms. The second-order valence-electron chi connectivity index (χ2n) is 9.55. The molecule has 0 radical (unpaired) electrons. The molecule has 3 aromatic carbocycles. The molecule has 4 bridgehead atoms. The molecule has 4 N–H and O–H groups in total. The summed E-state index contributed by atoms with van der Waals surface area (Å²) in [5, 5.41) is 9.72. The normalized spacial score (nSPS) is 13.7. The van der Waals surface area contributed by atoms with Gasteiger partial charge in [-0.2, -0.15) is 4.98 Å². The summed E-state index contributed by atoms with van der Waals surface area (Å²) in [5.74, 6) is 0.745. The Kier molecular flexibility index (Phi) is 7.57. The Morgan fingerprint density at radius 3 is 2.61 bits per heavy atom. The van der Waals surface area contributed by atoms with Crippen LogP contribution >= 0.6 is 11.9 Å². The van der Waals surface area contributed by atoms with E-state index < -0.39 is 5.41 Å². The minimum atomic E-state index is -0.825. The summed E-state index contributed by atoms with van der Waals surface area (Å²) < 4.78 is 16.7. The van der Waals surface area contributed by atoms with Crippen LogP contribution in [-0.4, -0.2) is 29.0 Å². The second-order valence-corrected chi connectivity index (χ2v) is 10.5. The number of aromatic nitrogens is 2. The number of hydrogen-bond donors (Lipinski definition) is 4. The average molecular weight is 529 g/mol. The lowest BCUT2D eigenvalue weighted by Gasteiger charge is -2.24. The summed E-state index contributed by atoms with van der Waals surface area (Å²) in [6, 6.07) is 21.7. The Balaban J connectivity index is 1.35. The number of rotatable bonds is 4. The first-order valence-electron chi connectivity index (χ1n) is 12.4. The van der Waals surface area contributed by atoms with Gasteiger partial charge in [-0.05, 0) is 85.8 Å². The number of anilines is 4. The van der Waals surface area contributed by atoms with Crippen LogP contribution in [0.1, 0.15) is 25.8 Å². The molecule has 0 saturated heterocycles. The van der Waals surface area contributed by atoms with E-state index in [-0.39, 0.29) is 11.7 Å². The van der Waals surface area contributed by atoms with Gasteiger partial charge in [-0.15, -0.1) is 0 Å². The molecule has 2 heterocycles. The number of carbonyl (C=O) groups is 1. The smallest absolute Gasteiger partial charge is 0.234 e. The largest absolute Gasteiger partial charge is 0.369 e. The van der Waals surface area contributed by atoms with Crippen molar-refractivity contribution in [1.29, 1.82) is 0 Å². The van der Waals surface area contributed by atoms with Crippen molar-refractivity contribution < 1.29 is 9.18 Å². The molecule has 7 nitrogen and oxygen atoms in total. The molecule has 0 spiro atoms. The molecule has 194 valence electrons. The Bertz CT molecular complexity index is 1430. The minimum Gasteiger partial charge on any atom is -0.369 e. The third-order valence-electron chi connectivity index (χ3n) is 6.40. The van der Waals surface area contributed by atoms with Crippen molar-refractivity contribution in [3.63, 3.8) is 0 Å². The van der Waals surface area contributed by atoms with Gasteiger partial charge in [-0.3, -0.25) is 9.52 Å². The first-order chi connectivity index (χ1) is 18.4. The van der Waals surface area contributed by atoms with Gasteiger partial charge in [0.05, 0.1) is 5.41 Å². The molecule has 4 aromatic rings. The van der Waals surface area contributed by atoms with E-state index in [9.17, 15) is 9.18 Å². The van der Waals surface area contributed by atoms with E-state index in [1.807, 2.05) is 50.2 Å². The lowest BCUT2D eigenvalue weighted by molar-refractivity contribution is -0.120. The van der Waals surface area contributed by atoms with Crippen molar-refractivity contribution in [1.82, 2.24) is 14.7 Å². The first kappa shape index (κ1) is 25.7. The zero-order chi connectivity index (χ0) is 26.5. The van der Waals surface area contributed by atoms with E-state index in [0.29, 0.717) is 11.6 Å². The molecule has 0 saturated carbocycles. The molecule has 1 aliphatic rings. The van der Waals surface area contributed by atoms with Crippen LogP contribution in [0.2, 0.25) is 0 Å². The van der Waals surface area contributed by atoms with Gasteiger partial charge in [0.2, 0.25) is 11.9 Å². The van der Waals surface area contributed by atoms with E-state index in [0.717, 1.165) is 52.6 Å². The van der Waals surface area contributed by atoms with E-state index in [1.165, 1.54) is 12.1 Å². The molecule has 1 aromatic heterocycles. The highest BCUT2D eigenvalue weighted by Gasteiger charge is 2.30. The van der Waals surface area contributed by atoms with E-state index in [1.54, 1.807) is 30.3 Å². The summed E-state index contributed by atoms with van der Waals surface area (Å²) in [6.07, 6.45) is 2.73. The Labute approximate surface area is 225 Å². The predicted octanol–water partition coefficient (Wildman–Crippen LogP) is 6.35. The van der Waals surface area contributed by atoms with Crippen LogP contribution in [0, 0.1) is 5.82 Å². The van der Waals surface area contributed by atoms with Gasteiger partial charge < -0.3 is 16.0 Å². The fraction of sp³-hybridized carbons (Fsp3) is 0.207. The Morgan fingerprint density at radius 1 is 1.03 bits per heavy atom. The third-order valence-corrected chi connectivity index (χ3v) is 7.24. The van der Waals surface area contributed by atoms with Crippen LogP contribution in [0.3, 0.4) is 0 Å². The summed E-state index contributed by atoms with van der Waals surface area (Å²) >= 11 is 1.61. The lowest BCUT2D eigenvalue weighted by Crippen LogP contribution is -2.34. The molecule has 0 aliphatic carbocycles. The lowest BCUT2D eigenvalue weighted by atomic mass is 9.83. The number of benzene rings is 3. The van der Waals surface area contributed by atoms with Crippen LogP contribution in [0.15, 0.2) is 83.9 Å². The van der Waals surface area contributed by atoms with Gasteiger partial charge in [0.15, 0.2) is 0 Å². The van der Waals surface area contributed by atoms with Gasteiger partial charge >= 0.3 is 0 Å². The molecular formula is C29H29FN6OS. The highest BCUT2D eigenvalue weighted by Crippen LogP contribution is 2.30. The second kappa shape index (κ2) is 11.2. The quantitative estimate of drug-likeness (QED) is 0.229. The summed E-state index contributed by atoms with van der Waals surface area (Å²) in [7, 11) is 0. The molecule has 0 atom stereocenters. The minimum absolute atomic E-state index is 0.175. The highest BCUT2D eigenvalue weighted by atomic mass is 32.2. The standard InChI is InChI=1S/C29H29FN6OS/c1-29(2,20-9-11-21(30)12-10-20)27(37)34-22-13-7-19(8-14-22)25-18-32-28-35-23-5-3-6-24(17-23)38-33-16-4-15-31-26(25)36-28/h3,5-14,17-18,33H,4,15-16H2,1-2H3,(H,34,37)(H2,31,32,35,36). The molecule has 0 fully saturated rings. The third kappa shape index (κ3) is 5.95. The fourth-order valence-corrected chi connectivity index (χ4v) is 4.82. The number of carbonyl (C=O) groups excluding carboxylic acids is 1. The zero-order valence-electron chi connectivity index (χ0n) is 21.2. The average Bonchev–Trinajstić information content (AvgIpc) is 2.92. The number of fused-ring (bicyclic) bond motifs is 4. The van der Waals surface area contributed by atoms with Crippen LogP contribution in [0.25, 0.3) is 11.1 Å². The summed E-state index contributed by atoms with van der Waals surface area (Å²) in [5.41, 5.74) is 3.29. The van der Waals surface area contributed by atoms with Crippen LogP contribution in [-0.2, 0) is 10.2 Å². The molecule has 0 unspecified atom stereocenters. The van der Waals surface area contributed by atoms with Crippen molar-refractivity contribution in [2.45, 2.75) is 30.6 Å². The molecule has 1 amide bonds. The van der Waals surface area contributed by atoms with E-state index >= 15 is 0 Å². The summed E-state index contributed by atoms with van der Waals surface area (Å²) in [6.45, 7) is 5.24. The van der Waals surface area contributed by atoms with Gasteiger partial charge in [0.1, 0.15) is 11.6 Å². The number of nitrogens with zero attached hydrogens (tertiary/aromatic N) is 2. The van der Waals surface area contributed by atoms with Gasteiger partial charge in [0.25, 0.3) is 0 Å². The van der Waals surface area contributed by atoms with Crippen LogP contribution < -0.4 is 20.7 Å². The van der Waals surface area contributed by atoms with Crippen molar-refractivity contribution in [2.24, 2.45) is 0 Å². The van der Waals surface area contributed by atoms with Crippen molar-refractivity contribution >= 4 is 41.0 Å². The molecule has 1 aliphatic heterocycles. The van der Waals surface area contributed by atoms with Crippen molar-refractivity contribution in [3.8, 4) is 11.1 Å². The Hall–Kier alpha value is -3.95. The number of halogens is 1. The highest BCUT2D eigenvalue weighted by molar-refractivity contribution is 7.97. The van der Waals surface area contributed by atoms with Gasteiger partial charge in [-0.1, -0.05) is 30.3 Å².